The summed E-state index contributed by atoms with van der Waals surface area (Å²) < 4.78 is 0. The summed E-state index contributed by atoms with van der Waals surface area (Å²) in [5.74, 6) is 1.90. The highest BCUT2D eigenvalue weighted by atomic mass is 16.1. The third kappa shape index (κ3) is 1.57. The maximum absolute atomic E-state index is 12.2. The molecule has 1 saturated carbocycles. The molecule has 0 amide bonds. The second-order valence-corrected chi connectivity index (χ2v) is 7.28. The van der Waals surface area contributed by atoms with Crippen LogP contribution in [0.25, 0.3) is 0 Å². The quantitative estimate of drug-likeness (QED) is 0.620. The molecule has 1 heteroatoms. The first-order valence-corrected chi connectivity index (χ1v) is 8.15. The van der Waals surface area contributed by atoms with E-state index in [2.05, 4.69) is 13.0 Å². The van der Waals surface area contributed by atoms with E-state index in [0.29, 0.717) is 17.6 Å². The molecule has 0 heterocycles. The molecule has 4 aliphatic rings. The molecular formula is C18H24O. The van der Waals surface area contributed by atoms with E-state index >= 15 is 0 Å². The number of carbonyl (C=O) groups is 1. The Bertz CT molecular complexity index is 496. The van der Waals surface area contributed by atoms with E-state index in [1.165, 1.54) is 38.5 Å². The van der Waals surface area contributed by atoms with Gasteiger partial charge in [0.15, 0.2) is 0 Å². The van der Waals surface area contributed by atoms with Gasteiger partial charge in [-0.2, -0.15) is 0 Å². The highest BCUT2D eigenvalue weighted by Gasteiger charge is 2.52. The topological polar surface area (TPSA) is 17.1 Å². The van der Waals surface area contributed by atoms with E-state index < -0.39 is 0 Å². The summed E-state index contributed by atoms with van der Waals surface area (Å²) in [6.07, 6.45) is 13.5. The standard InChI is InChI=1S/C18H24O/c1-18-11-10-14-13-5-3-2-4-12(13)6-7-15(14)16(18)8-9-17(18)19/h10,15-16H,2-9,11H2,1H3/t15-,16+,18+/m1/s1. The lowest BCUT2D eigenvalue weighted by atomic mass is 9.59. The maximum Gasteiger partial charge on any atom is 0.139 e. The molecule has 3 atom stereocenters. The number of allylic oxidation sites excluding steroid dienone is 4. The highest BCUT2D eigenvalue weighted by Crippen LogP contribution is 2.57. The molecule has 0 aromatic rings. The number of fused-ring (bicyclic) bond motifs is 4. The summed E-state index contributed by atoms with van der Waals surface area (Å²) in [5, 5.41) is 0. The predicted octanol–water partition coefficient (Wildman–Crippen LogP) is 4.58. The van der Waals surface area contributed by atoms with Crippen molar-refractivity contribution in [3.63, 3.8) is 0 Å². The normalized spacial score (nSPS) is 41.5. The smallest absolute Gasteiger partial charge is 0.139 e. The van der Waals surface area contributed by atoms with Gasteiger partial charge >= 0.3 is 0 Å². The Morgan fingerprint density at radius 2 is 1.95 bits per heavy atom. The van der Waals surface area contributed by atoms with Crippen LogP contribution in [0.1, 0.15) is 64.7 Å². The summed E-state index contributed by atoms with van der Waals surface area (Å²) in [5.41, 5.74) is 5.16. The zero-order valence-corrected chi connectivity index (χ0v) is 12.0. The minimum absolute atomic E-state index is 0.0130. The molecule has 0 N–H and O–H groups in total. The summed E-state index contributed by atoms with van der Waals surface area (Å²) in [6, 6.07) is 0. The minimum Gasteiger partial charge on any atom is -0.299 e. The number of hydrogen-bond donors (Lipinski definition) is 0. The van der Waals surface area contributed by atoms with Crippen molar-refractivity contribution in [2.24, 2.45) is 17.3 Å². The number of carbonyl (C=O) groups excluding carboxylic acids is 1. The fraction of sp³-hybridized carbons (Fsp3) is 0.722. The van der Waals surface area contributed by atoms with E-state index in [1.54, 1.807) is 16.7 Å². The van der Waals surface area contributed by atoms with Crippen LogP contribution in [0, 0.1) is 17.3 Å². The Morgan fingerprint density at radius 1 is 1.11 bits per heavy atom. The molecule has 1 nitrogen and oxygen atoms in total. The SMILES string of the molecule is C[C@]12CC=C3C4=C(CCCC4)CC[C@H]3[C@@H]1CCC2=O. The number of hydrogen-bond acceptors (Lipinski definition) is 1. The van der Waals surface area contributed by atoms with Crippen molar-refractivity contribution in [2.45, 2.75) is 64.7 Å². The van der Waals surface area contributed by atoms with E-state index in [0.717, 1.165) is 19.3 Å². The minimum atomic E-state index is -0.0130. The van der Waals surface area contributed by atoms with Crippen LogP contribution in [0.3, 0.4) is 0 Å². The number of ketones is 1. The van der Waals surface area contributed by atoms with Gasteiger partial charge in [0.2, 0.25) is 0 Å². The van der Waals surface area contributed by atoms with Gasteiger partial charge in [0.25, 0.3) is 0 Å². The van der Waals surface area contributed by atoms with Gasteiger partial charge in [-0.25, -0.2) is 0 Å². The van der Waals surface area contributed by atoms with Gasteiger partial charge in [0, 0.05) is 11.8 Å². The van der Waals surface area contributed by atoms with Crippen molar-refractivity contribution in [2.75, 3.05) is 0 Å². The predicted molar refractivity (Wildman–Crippen MR) is 76.8 cm³/mol. The molecule has 19 heavy (non-hydrogen) atoms. The fourth-order valence-electron chi connectivity index (χ4n) is 5.32. The van der Waals surface area contributed by atoms with E-state index in [4.69, 9.17) is 0 Å². The van der Waals surface area contributed by atoms with Crippen LogP contribution in [0.15, 0.2) is 22.8 Å². The zero-order valence-electron chi connectivity index (χ0n) is 12.0. The van der Waals surface area contributed by atoms with Gasteiger partial charge in [-0.15, -0.1) is 0 Å². The third-order valence-electron chi connectivity index (χ3n) is 6.46. The number of rotatable bonds is 0. The molecule has 4 aliphatic carbocycles. The van der Waals surface area contributed by atoms with Crippen molar-refractivity contribution in [1.82, 2.24) is 0 Å². The van der Waals surface area contributed by atoms with Gasteiger partial charge in [-0.3, -0.25) is 4.79 Å². The van der Waals surface area contributed by atoms with Gasteiger partial charge in [-0.1, -0.05) is 18.6 Å². The molecule has 1 fully saturated rings. The summed E-state index contributed by atoms with van der Waals surface area (Å²) in [7, 11) is 0. The van der Waals surface area contributed by atoms with Crippen LogP contribution in [-0.4, -0.2) is 5.78 Å². The second-order valence-electron chi connectivity index (χ2n) is 7.28. The van der Waals surface area contributed by atoms with Crippen LogP contribution in [0.4, 0.5) is 0 Å². The first-order chi connectivity index (χ1) is 9.20. The largest absolute Gasteiger partial charge is 0.299 e. The molecule has 0 radical (unpaired) electrons. The lowest BCUT2D eigenvalue weighted by Crippen LogP contribution is -2.38. The van der Waals surface area contributed by atoms with Crippen LogP contribution in [-0.2, 0) is 4.79 Å². The Morgan fingerprint density at radius 3 is 2.84 bits per heavy atom. The second kappa shape index (κ2) is 4.07. The van der Waals surface area contributed by atoms with Crippen molar-refractivity contribution in [3.05, 3.63) is 22.8 Å². The van der Waals surface area contributed by atoms with Gasteiger partial charge in [-0.05, 0) is 74.3 Å². The molecule has 4 rings (SSSR count). The Hall–Kier alpha value is -0.850. The van der Waals surface area contributed by atoms with Gasteiger partial charge in [0.05, 0.1) is 0 Å². The van der Waals surface area contributed by atoms with E-state index in [1.807, 2.05) is 0 Å². The first kappa shape index (κ1) is 11.9. The Balaban J connectivity index is 1.76. The molecule has 0 unspecified atom stereocenters. The van der Waals surface area contributed by atoms with Crippen molar-refractivity contribution in [3.8, 4) is 0 Å². The monoisotopic (exact) mass is 256 g/mol. The summed E-state index contributed by atoms with van der Waals surface area (Å²) >= 11 is 0. The Labute approximate surface area is 116 Å². The Kier molecular flexibility index (Phi) is 2.56. The lowest BCUT2D eigenvalue weighted by Gasteiger charge is -2.45. The average molecular weight is 256 g/mol. The molecule has 0 aromatic carbocycles. The lowest BCUT2D eigenvalue weighted by molar-refractivity contribution is -0.127. The third-order valence-corrected chi connectivity index (χ3v) is 6.46. The van der Waals surface area contributed by atoms with Crippen molar-refractivity contribution < 1.29 is 4.79 Å². The molecular weight excluding hydrogens is 232 g/mol. The van der Waals surface area contributed by atoms with Crippen LogP contribution in [0.2, 0.25) is 0 Å². The van der Waals surface area contributed by atoms with Gasteiger partial charge in [0.1, 0.15) is 5.78 Å². The van der Waals surface area contributed by atoms with E-state index in [-0.39, 0.29) is 5.41 Å². The summed E-state index contributed by atoms with van der Waals surface area (Å²) in [6.45, 7) is 2.24. The van der Waals surface area contributed by atoms with Crippen molar-refractivity contribution >= 4 is 5.78 Å². The van der Waals surface area contributed by atoms with E-state index in [9.17, 15) is 4.79 Å². The highest BCUT2D eigenvalue weighted by molar-refractivity contribution is 5.87. The zero-order chi connectivity index (χ0) is 13.0. The van der Waals surface area contributed by atoms with Crippen LogP contribution >= 0.6 is 0 Å². The average Bonchev–Trinajstić information content (AvgIpc) is 2.75. The molecule has 0 aromatic heterocycles. The number of Topliss-reactive ketones (excluding diaryl/α,β-unsaturated/α-hetero) is 1. The fourth-order valence-corrected chi connectivity index (χ4v) is 5.32. The van der Waals surface area contributed by atoms with Crippen LogP contribution < -0.4 is 0 Å². The summed E-state index contributed by atoms with van der Waals surface area (Å²) in [4.78, 5) is 12.2. The van der Waals surface area contributed by atoms with Crippen molar-refractivity contribution in [1.29, 1.82) is 0 Å². The first-order valence-electron chi connectivity index (χ1n) is 8.15. The molecule has 0 bridgehead atoms. The molecule has 0 saturated heterocycles. The molecule has 0 spiro atoms. The van der Waals surface area contributed by atoms with Gasteiger partial charge < -0.3 is 0 Å². The molecule has 102 valence electrons. The maximum atomic E-state index is 12.2. The van der Waals surface area contributed by atoms with Crippen LogP contribution in [0.5, 0.6) is 0 Å². The molecule has 0 aliphatic heterocycles.